The van der Waals surface area contributed by atoms with Crippen LogP contribution in [0.4, 0.5) is 33.7 Å². The summed E-state index contributed by atoms with van der Waals surface area (Å²) in [6.45, 7) is 3.42. The van der Waals surface area contributed by atoms with E-state index in [-0.39, 0.29) is 29.3 Å². The van der Waals surface area contributed by atoms with Crippen molar-refractivity contribution in [2.45, 2.75) is 32.0 Å². The highest BCUT2D eigenvalue weighted by atomic mass is 32.2. The molecule has 2 aromatic carbocycles. The van der Waals surface area contributed by atoms with Crippen molar-refractivity contribution in [1.29, 1.82) is 0 Å². The van der Waals surface area contributed by atoms with E-state index < -0.39 is 56.3 Å². The zero-order chi connectivity index (χ0) is 28.6. The van der Waals surface area contributed by atoms with Crippen molar-refractivity contribution in [2.75, 3.05) is 28.7 Å². The fourth-order valence-corrected chi connectivity index (χ4v) is 6.17. The van der Waals surface area contributed by atoms with Crippen molar-refractivity contribution in [3.63, 3.8) is 0 Å². The van der Waals surface area contributed by atoms with Crippen LogP contribution in [-0.2, 0) is 25.5 Å². The van der Waals surface area contributed by atoms with Crippen molar-refractivity contribution < 1.29 is 45.0 Å². The quantitative estimate of drug-likeness (QED) is 0.437. The SMILES string of the molecule is CCOC1=CC(c2ccc(NC(=O)Nc3ccc(OC4(C)CS(=O)(=O)C4)c(C(F)(F)F)c3)c(F)c2)=CCC1=O. The lowest BCUT2D eigenvalue weighted by atomic mass is 9.97. The third-order valence-corrected chi connectivity index (χ3v) is 7.97. The van der Waals surface area contributed by atoms with Crippen LogP contribution in [0, 0.1) is 5.82 Å². The molecule has 0 radical (unpaired) electrons. The topological polar surface area (TPSA) is 111 Å². The van der Waals surface area contributed by atoms with E-state index in [1.54, 1.807) is 13.0 Å². The van der Waals surface area contributed by atoms with Crippen LogP contribution in [0.2, 0.25) is 0 Å². The number of sulfone groups is 1. The van der Waals surface area contributed by atoms with Crippen LogP contribution in [0.3, 0.4) is 0 Å². The van der Waals surface area contributed by atoms with Crippen molar-refractivity contribution in [2.24, 2.45) is 0 Å². The highest BCUT2D eigenvalue weighted by Gasteiger charge is 2.48. The number of amides is 2. The molecule has 1 aliphatic heterocycles. The molecule has 1 aliphatic carbocycles. The number of alkyl halides is 3. The zero-order valence-corrected chi connectivity index (χ0v) is 21.6. The van der Waals surface area contributed by atoms with E-state index in [9.17, 15) is 35.6 Å². The molecule has 0 spiro atoms. The number of Topliss-reactive ketones (excluding diaryl/α,β-unsaturated/α-hetero) is 1. The second-order valence-corrected chi connectivity index (χ2v) is 11.4. The lowest BCUT2D eigenvalue weighted by Gasteiger charge is -2.38. The van der Waals surface area contributed by atoms with Gasteiger partial charge in [-0.15, -0.1) is 0 Å². The van der Waals surface area contributed by atoms with Crippen LogP contribution < -0.4 is 15.4 Å². The molecule has 208 valence electrons. The number of carbonyl (C=O) groups is 2. The summed E-state index contributed by atoms with van der Waals surface area (Å²) >= 11 is 0. The third-order valence-electron chi connectivity index (χ3n) is 5.87. The van der Waals surface area contributed by atoms with E-state index >= 15 is 0 Å². The van der Waals surface area contributed by atoms with Gasteiger partial charge in [-0.05, 0) is 61.4 Å². The Hall–Kier alpha value is -3.87. The first kappa shape index (κ1) is 28.1. The van der Waals surface area contributed by atoms with Crippen LogP contribution >= 0.6 is 0 Å². The first-order chi connectivity index (χ1) is 18.2. The average Bonchev–Trinajstić information content (AvgIpc) is 2.81. The van der Waals surface area contributed by atoms with E-state index in [4.69, 9.17) is 9.47 Å². The molecule has 0 aromatic heterocycles. The Bertz CT molecular complexity index is 1490. The number of benzene rings is 2. The summed E-state index contributed by atoms with van der Waals surface area (Å²) in [5.41, 5.74) is -1.99. The Kier molecular flexibility index (Phi) is 7.48. The Morgan fingerprint density at radius 1 is 1.10 bits per heavy atom. The standard InChI is InChI=1S/C26H24F4N2O6S/c1-3-37-23-11-16(5-8-21(23)33)15-4-7-20(19(27)10-15)32-24(34)31-17-6-9-22(18(12-17)26(28,29)30)38-25(2)13-39(35,36)14-25/h4-7,9-12H,3,8,13-14H2,1-2H3,(H2,31,32,34). The smallest absolute Gasteiger partial charge is 0.420 e. The summed E-state index contributed by atoms with van der Waals surface area (Å²) < 4.78 is 89.4. The molecule has 0 bridgehead atoms. The summed E-state index contributed by atoms with van der Waals surface area (Å²) in [6, 6.07) is 5.71. The second kappa shape index (κ2) is 10.4. The molecule has 1 heterocycles. The minimum Gasteiger partial charge on any atom is -0.490 e. The Morgan fingerprint density at radius 3 is 2.44 bits per heavy atom. The molecule has 2 N–H and O–H groups in total. The molecule has 0 unspecified atom stereocenters. The molecule has 2 aromatic rings. The first-order valence-corrected chi connectivity index (χ1v) is 13.6. The predicted molar refractivity (Wildman–Crippen MR) is 135 cm³/mol. The highest BCUT2D eigenvalue weighted by Crippen LogP contribution is 2.41. The number of nitrogens with one attached hydrogen (secondary N) is 2. The van der Waals surface area contributed by atoms with Gasteiger partial charge in [0.2, 0.25) is 5.78 Å². The fraction of sp³-hybridized carbons (Fsp3) is 0.308. The van der Waals surface area contributed by atoms with Crippen molar-refractivity contribution in [3.05, 3.63) is 71.3 Å². The maximum atomic E-state index is 14.8. The normalized spacial score (nSPS) is 17.8. The van der Waals surface area contributed by atoms with Gasteiger partial charge < -0.3 is 20.1 Å². The van der Waals surface area contributed by atoms with Gasteiger partial charge in [-0.3, -0.25) is 4.79 Å². The van der Waals surface area contributed by atoms with Gasteiger partial charge in [0.1, 0.15) is 17.2 Å². The van der Waals surface area contributed by atoms with Gasteiger partial charge in [0, 0.05) is 12.1 Å². The van der Waals surface area contributed by atoms with E-state index in [1.807, 2.05) is 0 Å². The van der Waals surface area contributed by atoms with Crippen LogP contribution in [-0.4, -0.2) is 43.9 Å². The predicted octanol–water partition coefficient (Wildman–Crippen LogP) is 5.33. The molecule has 39 heavy (non-hydrogen) atoms. The van der Waals surface area contributed by atoms with Gasteiger partial charge in [-0.2, -0.15) is 13.2 Å². The van der Waals surface area contributed by atoms with E-state index in [0.717, 1.165) is 18.2 Å². The number of rotatable bonds is 7. The number of halogens is 4. The van der Waals surface area contributed by atoms with Gasteiger partial charge in [-0.1, -0.05) is 12.1 Å². The molecule has 1 saturated heterocycles. The number of anilines is 2. The van der Waals surface area contributed by atoms with Crippen molar-refractivity contribution >= 4 is 38.6 Å². The Morgan fingerprint density at radius 2 is 1.82 bits per heavy atom. The molecule has 0 saturated carbocycles. The maximum absolute atomic E-state index is 14.8. The monoisotopic (exact) mass is 568 g/mol. The third kappa shape index (κ3) is 6.59. The van der Waals surface area contributed by atoms with Crippen molar-refractivity contribution in [3.8, 4) is 5.75 Å². The van der Waals surface area contributed by atoms with Crippen LogP contribution in [0.15, 0.2) is 54.3 Å². The number of carbonyl (C=O) groups excluding carboxylic acids is 2. The molecular formula is C26H24F4N2O6S. The summed E-state index contributed by atoms with van der Waals surface area (Å²) in [6.07, 6.45) is -1.65. The molecular weight excluding hydrogens is 544 g/mol. The largest absolute Gasteiger partial charge is 0.490 e. The van der Waals surface area contributed by atoms with Gasteiger partial charge in [0.15, 0.2) is 15.6 Å². The molecule has 1 fully saturated rings. The minimum atomic E-state index is -4.86. The van der Waals surface area contributed by atoms with E-state index in [2.05, 4.69) is 10.6 Å². The Balaban J connectivity index is 1.46. The fourth-order valence-electron chi connectivity index (χ4n) is 4.27. The van der Waals surface area contributed by atoms with Gasteiger partial charge in [0.25, 0.3) is 0 Å². The first-order valence-electron chi connectivity index (χ1n) is 11.7. The minimum absolute atomic E-state index is 0.0906. The number of ether oxygens (including phenoxy) is 2. The summed E-state index contributed by atoms with van der Waals surface area (Å²) in [5.74, 6) is -2.25. The molecule has 13 heteroatoms. The van der Waals surface area contributed by atoms with E-state index in [1.165, 1.54) is 25.1 Å². The van der Waals surface area contributed by atoms with E-state index in [0.29, 0.717) is 23.8 Å². The summed E-state index contributed by atoms with van der Waals surface area (Å²) in [5, 5.41) is 4.47. The number of hydrogen-bond acceptors (Lipinski definition) is 6. The lowest BCUT2D eigenvalue weighted by molar-refractivity contribution is -0.139. The molecule has 2 aliphatic rings. The Labute approximate surface area is 221 Å². The number of urea groups is 1. The second-order valence-electron chi connectivity index (χ2n) is 9.30. The average molecular weight is 569 g/mol. The highest BCUT2D eigenvalue weighted by molar-refractivity contribution is 7.93. The van der Waals surface area contributed by atoms with Crippen LogP contribution in [0.1, 0.15) is 31.4 Å². The summed E-state index contributed by atoms with van der Waals surface area (Å²) in [4.78, 5) is 24.3. The molecule has 4 rings (SSSR count). The van der Waals surface area contributed by atoms with Gasteiger partial charge in [0.05, 0.1) is 29.4 Å². The number of ketones is 1. The number of hydrogen-bond donors (Lipinski definition) is 2. The number of allylic oxidation sites excluding steroid dienone is 4. The molecule has 0 atom stereocenters. The van der Waals surface area contributed by atoms with Crippen molar-refractivity contribution in [1.82, 2.24) is 0 Å². The lowest BCUT2D eigenvalue weighted by Crippen LogP contribution is -2.56. The molecule has 8 nitrogen and oxygen atoms in total. The van der Waals surface area contributed by atoms with Gasteiger partial charge >= 0.3 is 12.2 Å². The zero-order valence-electron chi connectivity index (χ0n) is 20.8. The molecule has 2 amide bonds. The van der Waals surface area contributed by atoms with Crippen LogP contribution in [0.25, 0.3) is 5.57 Å². The van der Waals surface area contributed by atoms with Crippen LogP contribution in [0.5, 0.6) is 5.75 Å². The maximum Gasteiger partial charge on any atom is 0.420 e. The summed E-state index contributed by atoms with van der Waals surface area (Å²) in [7, 11) is -3.36. The van der Waals surface area contributed by atoms with Gasteiger partial charge in [-0.25, -0.2) is 17.6 Å².